The van der Waals surface area contributed by atoms with Crippen molar-refractivity contribution < 1.29 is 22.8 Å². The number of hydrogen-bond acceptors (Lipinski definition) is 2. The molecule has 0 saturated carbocycles. The molecule has 1 aliphatic rings. The van der Waals surface area contributed by atoms with Crippen LogP contribution in [0.1, 0.15) is 18.4 Å². The van der Waals surface area contributed by atoms with E-state index in [2.05, 4.69) is 10.6 Å². The number of amides is 2. The van der Waals surface area contributed by atoms with Gasteiger partial charge in [-0.3, -0.25) is 9.59 Å². The first-order valence-corrected chi connectivity index (χ1v) is 5.64. The van der Waals surface area contributed by atoms with Crippen molar-refractivity contribution in [3.63, 3.8) is 0 Å². The van der Waals surface area contributed by atoms with Crippen molar-refractivity contribution in [2.24, 2.45) is 0 Å². The van der Waals surface area contributed by atoms with Crippen molar-refractivity contribution in [1.29, 1.82) is 0 Å². The maximum absolute atomic E-state index is 12.7. The molecule has 0 radical (unpaired) electrons. The fraction of sp³-hybridized carbons (Fsp3) is 0.333. The van der Waals surface area contributed by atoms with Gasteiger partial charge < -0.3 is 10.6 Å². The SMILES string of the molecule is O=C1CC[C@@H](C(=O)Nc2ccccc2C(F)(F)F)N1. The Morgan fingerprint density at radius 3 is 2.58 bits per heavy atom. The fourth-order valence-electron chi connectivity index (χ4n) is 1.87. The van der Waals surface area contributed by atoms with Crippen molar-refractivity contribution in [2.45, 2.75) is 25.1 Å². The minimum absolute atomic E-state index is 0.207. The average molecular weight is 272 g/mol. The normalized spacial score (nSPS) is 19.1. The molecule has 1 aromatic rings. The molecule has 2 amide bonds. The zero-order chi connectivity index (χ0) is 14.0. The summed E-state index contributed by atoms with van der Waals surface area (Å²) in [6.07, 6.45) is -4.04. The number of halogens is 3. The van der Waals surface area contributed by atoms with E-state index in [1.54, 1.807) is 0 Å². The van der Waals surface area contributed by atoms with Crippen LogP contribution in [0.3, 0.4) is 0 Å². The molecule has 1 aliphatic heterocycles. The van der Waals surface area contributed by atoms with Gasteiger partial charge in [-0.25, -0.2) is 0 Å². The Morgan fingerprint density at radius 2 is 2.00 bits per heavy atom. The molecule has 7 heteroatoms. The van der Waals surface area contributed by atoms with Crippen molar-refractivity contribution in [1.82, 2.24) is 5.32 Å². The number of hydrogen-bond donors (Lipinski definition) is 2. The Labute approximate surface area is 107 Å². The number of benzene rings is 1. The highest BCUT2D eigenvalue weighted by Gasteiger charge is 2.34. The molecule has 0 unspecified atom stereocenters. The van der Waals surface area contributed by atoms with Gasteiger partial charge in [-0.2, -0.15) is 13.2 Å². The zero-order valence-corrected chi connectivity index (χ0v) is 9.75. The summed E-state index contributed by atoms with van der Waals surface area (Å²) >= 11 is 0. The van der Waals surface area contributed by atoms with Crippen LogP contribution in [-0.2, 0) is 15.8 Å². The number of rotatable bonds is 2. The topological polar surface area (TPSA) is 58.2 Å². The molecule has 0 bridgehead atoms. The van der Waals surface area contributed by atoms with Crippen LogP contribution in [0.2, 0.25) is 0 Å². The van der Waals surface area contributed by atoms with E-state index in [9.17, 15) is 22.8 Å². The molecule has 2 N–H and O–H groups in total. The Kier molecular flexibility index (Phi) is 3.46. The van der Waals surface area contributed by atoms with Crippen LogP contribution >= 0.6 is 0 Å². The van der Waals surface area contributed by atoms with Crippen LogP contribution in [0.15, 0.2) is 24.3 Å². The van der Waals surface area contributed by atoms with Gasteiger partial charge in [-0.15, -0.1) is 0 Å². The third-order valence-electron chi connectivity index (χ3n) is 2.80. The molecule has 2 rings (SSSR count). The van der Waals surface area contributed by atoms with Gasteiger partial charge in [0, 0.05) is 6.42 Å². The summed E-state index contributed by atoms with van der Waals surface area (Å²) in [5.41, 5.74) is -1.21. The third-order valence-corrected chi connectivity index (χ3v) is 2.80. The van der Waals surface area contributed by atoms with E-state index in [-0.39, 0.29) is 18.0 Å². The Morgan fingerprint density at radius 1 is 1.32 bits per heavy atom. The minimum Gasteiger partial charge on any atom is -0.344 e. The Hall–Kier alpha value is -2.05. The number of carbonyl (C=O) groups excluding carboxylic acids is 2. The van der Waals surface area contributed by atoms with Crippen molar-refractivity contribution in [3.8, 4) is 0 Å². The van der Waals surface area contributed by atoms with Crippen molar-refractivity contribution in [3.05, 3.63) is 29.8 Å². The molecule has 102 valence electrons. The first kappa shape index (κ1) is 13.4. The smallest absolute Gasteiger partial charge is 0.344 e. The van der Waals surface area contributed by atoms with E-state index in [1.165, 1.54) is 18.2 Å². The van der Waals surface area contributed by atoms with E-state index in [1.807, 2.05) is 0 Å². The second kappa shape index (κ2) is 4.91. The maximum Gasteiger partial charge on any atom is 0.418 e. The Bertz CT molecular complexity index is 514. The number of nitrogens with one attached hydrogen (secondary N) is 2. The van der Waals surface area contributed by atoms with Gasteiger partial charge in [0.2, 0.25) is 11.8 Å². The van der Waals surface area contributed by atoms with E-state index >= 15 is 0 Å². The predicted octanol–water partition coefficient (Wildman–Crippen LogP) is 1.92. The molecule has 1 aromatic carbocycles. The predicted molar refractivity (Wildman–Crippen MR) is 61.2 cm³/mol. The summed E-state index contributed by atoms with van der Waals surface area (Å²) in [6, 6.07) is 3.95. The molecule has 0 spiro atoms. The first-order valence-electron chi connectivity index (χ1n) is 5.64. The van der Waals surface area contributed by atoms with Crippen LogP contribution in [0, 0.1) is 0 Å². The summed E-state index contributed by atoms with van der Waals surface area (Å²) in [5.74, 6) is -0.910. The summed E-state index contributed by atoms with van der Waals surface area (Å²) in [7, 11) is 0. The first-order chi connectivity index (χ1) is 8.88. The van der Waals surface area contributed by atoms with Crippen LogP contribution in [0.4, 0.5) is 18.9 Å². The van der Waals surface area contributed by atoms with Gasteiger partial charge in [-0.05, 0) is 18.6 Å². The molecule has 0 aliphatic carbocycles. The number of anilines is 1. The van der Waals surface area contributed by atoms with E-state index in [0.29, 0.717) is 6.42 Å². The average Bonchev–Trinajstić information content (AvgIpc) is 2.75. The quantitative estimate of drug-likeness (QED) is 0.864. The summed E-state index contributed by atoms with van der Waals surface area (Å²) in [6.45, 7) is 0. The summed E-state index contributed by atoms with van der Waals surface area (Å²) in [5, 5.41) is 4.61. The molecule has 1 atom stereocenters. The number of carbonyl (C=O) groups is 2. The second-order valence-corrected chi connectivity index (χ2v) is 4.19. The van der Waals surface area contributed by atoms with Gasteiger partial charge in [0.05, 0.1) is 11.3 Å². The zero-order valence-electron chi connectivity index (χ0n) is 9.75. The van der Waals surface area contributed by atoms with E-state index < -0.39 is 23.7 Å². The molecule has 1 saturated heterocycles. The lowest BCUT2D eigenvalue weighted by atomic mass is 10.1. The van der Waals surface area contributed by atoms with Gasteiger partial charge >= 0.3 is 6.18 Å². The maximum atomic E-state index is 12.7. The van der Waals surface area contributed by atoms with Crippen molar-refractivity contribution >= 4 is 17.5 Å². The number of para-hydroxylation sites is 1. The van der Waals surface area contributed by atoms with E-state index in [0.717, 1.165) is 6.07 Å². The molecule has 1 heterocycles. The molecule has 4 nitrogen and oxygen atoms in total. The lowest BCUT2D eigenvalue weighted by Crippen LogP contribution is -2.37. The van der Waals surface area contributed by atoms with Gasteiger partial charge in [0.1, 0.15) is 6.04 Å². The van der Waals surface area contributed by atoms with Gasteiger partial charge in [-0.1, -0.05) is 12.1 Å². The highest BCUT2D eigenvalue weighted by Crippen LogP contribution is 2.34. The monoisotopic (exact) mass is 272 g/mol. The Balaban J connectivity index is 2.15. The largest absolute Gasteiger partial charge is 0.418 e. The lowest BCUT2D eigenvalue weighted by molar-refractivity contribution is -0.137. The third kappa shape index (κ3) is 3.04. The summed E-state index contributed by atoms with van der Waals surface area (Å²) in [4.78, 5) is 22.7. The number of alkyl halides is 3. The second-order valence-electron chi connectivity index (χ2n) is 4.19. The molecular weight excluding hydrogens is 261 g/mol. The summed E-state index contributed by atoms with van der Waals surface area (Å²) < 4.78 is 38.2. The minimum atomic E-state index is -4.54. The molecule has 1 fully saturated rings. The fourth-order valence-corrected chi connectivity index (χ4v) is 1.87. The molecule has 0 aromatic heterocycles. The van der Waals surface area contributed by atoms with Gasteiger partial charge in [0.25, 0.3) is 0 Å². The van der Waals surface area contributed by atoms with Crippen LogP contribution in [-0.4, -0.2) is 17.9 Å². The van der Waals surface area contributed by atoms with Gasteiger partial charge in [0.15, 0.2) is 0 Å². The lowest BCUT2D eigenvalue weighted by Gasteiger charge is -2.15. The highest BCUT2D eigenvalue weighted by molar-refractivity contribution is 5.99. The van der Waals surface area contributed by atoms with Crippen LogP contribution < -0.4 is 10.6 Å². The molecule has 19 heavy (non-hydrogen) atoms. The standard InChI is InChI=1S/C12H11F3N2O2/c13-12(14,15)7-3-1-2-4-8(7)17-11(19)9-5-6-10(18)16-9/h1-4,9H,5-6H2,(H,16,18)(H,17,19)/t9-/m0/s1. The highest BCUT2D eigenvalue weighted by atomic mass is 19.4. The van der Waals surface area contributed by atoms with Crippen LogP contribution in [0.5, 0.6) is 0 Å². The van der Waals surface area contributed by atoms with E-state index in [4.69, 9.17) is 0 Å². The molecular formula is C12H11F3N2O2. The van der Waals surface area contributed by atoms with Crippen molar-refractivity contribution in [2.75, 3.05) is 5.32 Å². The van der Waals surface area contributed by atoms with Crippen LogP contribution in [0.25, 0.3) is 0 Å².